The zero-order valence-electron chi connectivity index (χ0n) is 14.1. The SMILES string of the molecule is CN1C(=O)/C(=C\c2c(-c3ccccc3)nc3sccn23)c2ccccc21. The summed E-state index contributed by atoms with van der Waals surface area (Å²) < 4.78 is 2.05. The minimum Gasteiger partial charge on any atom is -0.311 e. The van der Waals surface area contributed by atoms with Gasteiger partial charge in [-0.1, -0.05) is 48.5 Å². The number of aromatic nitrogens is 2. The number of benzene rings is 2. The highest BCUT2D eigenvalue weighted by Crippen LogP contribution is 2.38. The average molecular weight is 357 g/mol. The zero-order valence-corrected chi connectivity index (χ0v) is 14.9. The summed E-state index contributed by atoms with van der Waals surface area (Å²) in [5.41, 5.74) is 5.47. The predicted octanol–water partition coefficient (Wildman–Crippen LogP) is 4.58. The fourth-order valence-corrected chi connectivity index (χ4v) is 4.15. The molecule has 0 radical (unpaired) electrons. The lowest BCUT2D eigenvalue weighted by Gasteiger charge is -2.08. The maximum absolute atomic E-state index is 12.8. The molecule has 2 aromatic heterocycles. The van der Waals surface area contributed by atoms with Gasteiger partial charge in [0.15, 0.2) is 4.96 Å². The van der Waals surface area contributed by atoms with Gasteiger partial charge in [0.05, 0.1) is 22.6 Å². The summed E-state index contributed by atoms with van der Waals surface area (Å²) in [6.45, 7) is 0. The number of amides is 1. The molecule has 3 heterocycles. The van der Waals surface area contributed by atoms with Crippen LogP contribution < -0.4 is 4.90 Å². The predicted molar refractivity (Wildman–Crippen MR) is 106 cm³/mol. The molecule has 0 spiro atoms. The molecule has 0 unspecified atom stereocenters. The highest BCUT2D eigenvalue weighted by molar-refractivity contribution is 7.15. The quantitative estimate of drug-likeness (QED) is 0.493. The minimum absolute atomic E-state index is 0.00962. The molecular formula is C21H15N3OS. The second-order valence-corrected chi connectivity index (χ2v) is 7.08. The highest BCUT2D eigenvalue weighted by atomic mass is 32.1. The Kier molecular flexibility index (Phi) is 3.30. The van der Waals surface area contributed by atoms with Crippen molar-refractivity contribution in [3.8, 4) is 11.3 Å². The fraction of sp³-hybridized carbons (Fsp3) is 0.0476. The van der Waals surface area contributed by atoms with Crippen molar-refractivity contribution in [3.05, 3.63) is 77.4 Å². The number of rotatable bonds is 2. The molecule has 5 rings (SSSR count). The molecule has 0 bridgehead atoms. The molecule has 4 aromatic rings. The molecule has 1 aliphatic heterocycles. The van der Waals surface area contributed by atoms with Gasteiger partial charge in [0.25, 0.3) is 5.91 Å². The Hall–Kier alpha value is -3.18. The van der Waals surface area contributed by atoms with Crippen LogP contribution in [-0.2, 0) is 4.79 Å². The van der Waals surface area contributed by atoms with E-state index < -0.39 is 0 Å². The van der Waals surface area contributed by atoms with Crippen LogP contribution >= 0.6 is 11.3 Å². The number of anilines is 1. The molecule has 4 nitrogen and oxygen atoms in total. The molecule has 0 atom stereocenters. The summed E-state index contributed by atoms with van der Waals surface area (Å²) in [6.07, 6.45) is 3.97. The van der Waals surface area contributed by atoms with Crippen LogP contribution in [0.15, 0.2) is 66.2 Å². The smallest absolute Gasteiger partial charge is 0.258 e. The van der Waals surface area contributed by atoms with Gasteiger partial charge < -0.3 is 4.90 Å². The van der Waals surface area contributed by atoms with E-state index in [0.29, 0.717) is 5.57 Å². The van der Waals surface area contributed by atoms with Crippen molar-refractivity contribution in [2.24, 2.45) is 0 Å². The maximum Gasteiger partial charge on any atom is 0.258 e. The largest absolute Gasteiger partial charge is 0.311 e. The molecule has 0 saturated carbocycles. The van der Waals surface area contributed by atoms with Gasteiger partial charge in [-0.15, -0.1) is 11.3 Å². The van der Waals surface area contributed by atoms with Crippen LogP contribution in [0.2, 0.25) is 0 Å². The number of fused-ring (bicyclic) bond motifs is 2. The normalized spacial score (nSPS) is 15.2. The van der Waals surface area contributed by atoms with E-state index in [-0.39, 0.29) is 5.91 Å². The van der Waals surface area contributed by atoms with Crippen molar-refractivity contribution in [2.45, 2.75) is 0 Å². The van der Waals surface area contributed by atoms with Crippen LogP contribution in [0.25, 0.3) is 27.9 Å². The Labute approximate surface area is 154 Å². The lowest BCUT2D eigenvalue weighted by atomic mass is 10.0. The van der Waals surface area contributed by atoms with Crippen molar-refractivity contribution < 1.29 is 4.79 Å². The Morgan fingerprint density at radius 2 is 1.81 bits per heavy atom. The molecular weight excluding hydrogens is 342 g/mol. The van der Waals surface area contributed by atoms with E-state index in [4.69, 9.17) is 4.98 Å². The Morgan fingerprint density at radius 3 is 2.65 bits per heavy atom. The lowest BCUT2D eigenvalue weighted by Crippen LogP contribution is -2.20. The topological polar surface area (TPSA) is 37.6 Å². The van der Waals surface area contributed by atoms with E-state index in [1.807, 2.05) is 83.7 Å². The van der Waals surface area contributed by atoms with Crippen molar-refractivity contribution in [1.29, 1.82) is 0 Å². The Balaban J connectivity index is 1.77. The number of carbonyl (C=O) groups is 1. The first-order valence-electron chi connectivity index (χ1n) is 8.34. The van der Waals surface area contributed by atoms with Gasteiger partial charge in [0.2, 0.25) is 0 Å². The average Bonchev–Trinajstić information content (AvgIpc) is 3.33. The van der Waals surface area contributed by atoms with Gasteiger partial charge in [-0.25, -0.2) is 4.98 Å². The van der Waals surface area contributed by atoms with E-state index in [1.165, 1.54) is 0 Å². The Bertz CT molecular complexity index is 1170. The summed E-state index contributed by atoms with van der Waals surface area (Å²) in [5, 5.41) is 2.01. The number of likely N-dealkylation sites (N-methyl/N-ethyl adjacent to an activating group) is 1. The third kappa shape index (κ3) is 2.14. The van der Waals surface area contributed by atoms with Crippen molar-refractivity contribution in [2.75, 3.05) is 11.9 Å². The zero-order chi connectivity index (χ0) is 17.7. The standard InChI is InChI=1S/C21H15N3OS/c1-23-17-10-6-5-9-15(17)16(20(23)25)13-18-19(14-7-3-2-4-8-14)22-21-24(18)11-12-26-21/h2-13H,1H3/b16-13-. The molecule has 5 heteroatoms. The maximum atomic E-state index is 12.8. The molecule has 126 valence electrons. The van der Waals surface area contributed by atoms with Crippen LogP contribution in [0.1, 0.15) is 11.3 Å². The molecule has 0 aliphatic carbocycles. The molecule has 1 aliphatic rings. The number of hydrogen-bond donors (Lipinski definition) is 0. The van der Waals surface area contributed by atoms with Gasteiger partial charge in [-0.2, -0.15) is 0 Å². The number of thiazole rings is 1. The second kappa shape index (κ2) is 5.68. The van der Waals surface area contributed by atoms with Gasteiger partial charge in [-0.3, -0.25) is 9.20 Å². The van der Waals surface area contributed by atoms with Crippen molar-refractivity contribution in [1.82, 2.24) is 9.38 Å². The third-order valence-corrected chi connectivity index (χ3v) is 5.47. The summed E-state index contributed by atoms with van der Waals surface area (Å²) >= 11 is 1.59. The first-order chi connectivity index (χ1) is 12.7. The molecule has 0 saturated heterocycles. The second-order valence-electron chi connectivity index (χ2n) is 6.21. The number of para-hydroxylation sites is 1. The molecule has 0 N–H and O–H groups in total. The minimum atomic E-state index is 0.00962. The van der Waals surface area contributed by atoms with Crippen LogP contribution in [0, 0.1) is 0 Å². The Morgan fingerprint density at radius 1 is 1.04 bits per heavy atom. The van der Waals surface area contributed by atoms with Gasteiger partial charge >= 0.3 is 0 Å². The molecule has 0 fully saturated rings. The summed E-state index contributed by atoms with van der Waals surface area (Å²) in [7, 11) is 1.82. The first kappa shape index (κ1) is 15.1. The van der Waals surface area contributed by atoms with E-state index in [9.17, 15) is 4.79 Å². The van der Waals surface area contributed by atoms with Crippen LogP contribution in [0.5, 0.6) is 0 Å². The number of nitrogens with zero attached hydrogens (tertiary/aromatic N) is 3. The van der Waals surface area contributed by atoms with E-state index >= 15 is 0 Å². The van der Waals surface area contributed by atoms with Gasteiger partial charge in [-0.05, 0) is 12.1 Å². The summed E-state index contributed by atoms with van der Waals surface area (Å²) in [5.74, 6) is 0.00962. The summed E-state index contributed by atoms with van der Waals surface area (Å²) in [4.78, 5) is 20.3. The highest BCUT2D eigenvalue weighted by Gasteiger charge is 2.30. The van der Waals surface area contributed by atoms with E-state index in [1.54, 1.807) is 16.2 Å². The van der Waals surface area contributed by atoms with Crippen LogP contribution in [0.4, 0.5) is 5.69 Å². The van der Waals surface area contributed by atoms with Crippen LogP contribution in [-0.4, -0.2) is 22.3 Å². The lowest BCUT2D eigenvalue weighted by molar-refractivity contribution is -0.112. The monoisotopic (exact) mass is 357 g/mol. The number of carbonyl (C=O) groups excluding carboxylic acids is 1. The third-order valence-electron chi connectivity index (χ3n) is 4.72. The van der Waals surface area contributed by atoms with Gasteiger partial charge in [0, 0.05) is 29.8 Å². The molecule has 1 amide bonds. The fourth-order valence-electron chi connectivity index (χ4n) is 3.42. The van der Waals surface area contributed by atoms with Crippen LogP contribution in [0.3, 0.4) is 0 Å². The van der Waals surface area contributed by atoms with E-state index in [2.05, 4.69) is 0 Å². The number of imidazole rings is 1. The summed E-state index contributed by atoms with van der Waals surface area (Å²) in [6, 6.07) is 18.0. The van der Waals surface area contributed by atoms with E-state index in [0.717, 1.165) is 33.2 Å². The van der Waals surface area contributed by atoms with Crippen molar-refractivity contribution >= 4 is 39.5 Å². The van der Waals surface area contributed by atoms with Gasteiger partial charge in [0.1, 0.15) is 0 Å². The van der Waals surface area contributed by atoms with Crippen molar-refractivity contribution in [3.63, 3.8) is 0 Å². The molecule has 2 aromatic carbocycles. The first-order valence-corrected chi connectivity index (χ1v) is 9.22. The number of hydrogen-bond acceptors (Lipinski definition) is 3. The molecule has 26 heavy (non-hydrogen) atoms.